The van der Waals surface area contributed by atoms with Crippen LogP contribution in [0.2, 0.25) is 0 Å². The molecule has 0 aliphatic heterocycles. The van der Waals surface area contributed by atoms with E-state index < -0.39 is 0 Å². The van der Waals surface area contributed by atoms with Gasteiger partial charge in [-0.25, -0.2) is 0 Å². The molecule has 1 aliphatic carbocycles. The molecule has 0 bridgehead atoms. The summed E-state index contributed by atoms with van der Waals surface area (Å²) in [5.41, 5.74) is 1.33. The average molecular weight is 265 g/mol. The molecule has 1 heterocycles. The Morgan fingerprint density at radius 1 is 1.32 bits per heavy atom. The normalized spacial score (nSPS) is 20.4. The number of nitrogens with one attached hydrogen (secondary N) is 1. The molecule has 1 aromatic heterocycles. The van der Waals surface area contributed by atoms with Gasteiger partial charge in [0, 0.05) is 30.2 Å². The molecule has 1 fully saturated rings. The summed E-state index contributed by atoms with van der Waals surface area (Å²) < 4.78 is 5.59. The number of furan rings is 1. The summed E-state index contributed by atoms with van der Waals surface area (Å²) in [5.74, 6) is 1.97. The first-order valence-electron chi connectivity index (χ1n) is 7.47. The van der Waals surface area contributed by atoms with Gasteiger partial charge < -0.3 is 14.8 Å². The summed E-state index contributed by atoms with van der Waals surface area (Å²) in [6.45, 7) is 7.37. The largest absolute Gasteiger partial charge is 0.466 e. The van der Waals surface area contributed by atoms with Gasteiger partial charge in [0.05, 0.1) is 0 Å². The van der Waals surface area contributed by atoms with E-state index in [9.17, 15) is 5.11 Å². The molecule has 0 aromatic carbocycles. The van der Waals surface area contributed by atoms with Gasteiger partial charge in [0.1, 0.15) is 11.5 Å². The van der Waals surface area contributed by atoms with Crippen LogP contribution in [0.25, 0.3) is 0 Å². The van der Waals surface area contributed by atoms with Crippen molar-refractivity contribution in [3.63, 3.8) is 0 Å². The molecule has 1 aromatic rings. The lowest BCUT2D eigenvalue weighted by Gasteiger charge is -2.36. The topological polar surface area (TPSA) is 45.4 Å². The van der Waals surface area contributed by atoms with E-state index in [1.165, 1.54) is 24.8 Å². The van der Waals surface area contributed by atoms with Crippen LogP contribution in [-0.4, -0.2) is 18.3 Å². The Morgan fingerprint density at radius 2 is 2.00 bits per heavy atom. The molecule has 2 rings (SSSR count). The van der Waals surface area contributed by atoms with Crippen molar-refractivity contribution in [2.45, 2.75) is 58.9 Å². The maximum absolute atomic E-state index is 9.73. The van der Waals surface area contributed by atoms with Gasteiger partial charge in [-0.1, -0.05) is 19.3 Å². The van der Waals surface area contributed by atoms with E-state index in [1.807, 2.05) is 13.8 Å². The first-order chi connectivity index (χ1) is 9.06. The lowest BCUT2D eigenvalue weighted by Crippen LogP contribution is -2.40. The predicted molar refractivity (Wildman–Crippen MR) is 77.2 cm³/mol. The molecule has 0 amide bonds. The molecule has 1 saturated carbocycles. The predicted octanol–water partition coefficient (Wildman–Crippen LogP) is 3.49. The van der Waals surface area contributed by atoms with E-state index in [4.69, 9.17) is 4.42 Å². The lowest BCUT2D eigenvalue weighted by molar-refractivity contribution is 0.0788. The molecule has 2 N–H and O–H groups in total. The third kappa shape index (κ3) is 3.40. The van der Waals surface area contributed by atoms with Gasteiger partial charge in [-0.05, 0) is 39.7 Å². The Bertz CT molecular complexity index is 405. The second-order valence-corrected chi connectivity index (χ2v) is 6.19. The van der Waals surface area contributed by atoms with Crippen molar-refractivity contribution >= 4 is 0 Å². The lowest BCUT2D eigenvalue weighted by atomic mass is 9.74. The molecule has 0 saturated heterocycles. The minimum Gasteiger partial charge on any atom is -0.466 e. The van der Waals surface area contributed by atoms with Crippen LogP contribution in [0.5, 0.6) is 0 Å². The van der Waals surface area contributed by atoms with E-state index in [2.05, 4.69) is 18.3 Å². The smallest absolute Gasteiger partial charge is 0.105 e. The second-order valence-electron chi connectivity index (χ2n) is 6.19. The van der Waals surface area contributed by atoms with E-state index in [1.54, 1.807) is 0 Å². The summed E-state index contributed by atoms with van der Waals surface area (Å²) >= 11 is 0. The van der Waals surface area contributed by atoms with Gasteiger partial charge in [0.15, 0.2) is 0 Å². The number of aliphatic hydroxyl groups is 1. The third-order valence-electron chi connectivity index (χ3n) is 4.58. The van der Waals surface area contributed by atoms with Crippen molar-refractivity contribution in [2.24, 2.45) is 5.41 Å². The minimum atomic E-state index is 0.0964. The Balaban J connectivity index is 1.95. The van der Waals surface area contributed by atoms with Crippen LogP contribution in [0.15, 0.2) is 10.5 Å². The zero-order chi connectivity index (χ0) is 13.9. The summed E-state index contributed by atoms with van der Waals surface area (Å²) in [5, 5.41) is 13.3. The molecule has 19 heavy (non-hydrogen) atoms. The maximum atomic E-state index is 9.73. The highest BCUT2D eigenvalue weighted by Gasteiger charge is 2.31. The van der Waals surface area contributed by atoms with Crippen LogP contribution in [0, 0.1) is 19.3 Å². The Hall–Kier alpha value is -0.800. The van der Waals surface area contributed by atoms with Crippen molar-refractivity contribution in [1.82, 2.24) is 5.32 Å². The van der Waals surface area contributed by atoms with Crippen LogP contribution in [-0.2, 0) is 0 Å². The molecule has 1 atom stereocenters. The molecule has 0 radical (unpaired) electrons. The fourth-order valence-corrected chi connectivity index (χ4v) is 3.25. The first-order valence-corrected chi connectivity index (χ1v) is 7.47. The molecule has 1 unspecified atom stereocenters. The standard InChI is InChI=1S/C16H27NO2/c1-12-9-15(14(3)19-12)13(2)17-10-16(11-18)7-5-4-6-8-16/h9,13,17-18H,4-8,10-11H2,1-3H3. The number of hydrogen-bond acceptors (Lipinski definition) is 3. The summed E-state index contributed by atoms with van der Waals surface area (Å²) in [6, 6.07) is 2.39. The number of aryl methyl sites for hydroxylation is 2. The quantitative estimate of drug-likeness (QED) is 0.856. The van der Waals surface area contributed by atoms with Crippen LogP contribution >= 0.6 is 0 Å². The maximum Gasteiger partial charge on any atom is 0.105 e. The summed E-state index contributed by atoms with van der Waals surface area (Å²) in [7, 11) is 0. The number of rotatable bonds is 5. The highest BCUT2D eigenvalue weighted by molar-refractivity contribution is 5.23. The van der Waals surface area contributed by atoms with Crippen molar-refractivity contribution in [3.05, 3.63) is 23.2 Å². The molecular formula is C16H27NO2. The fraction of sp³-hybridized carbons (Fsp3) is 0.750. The zero-order valence-corrected chi connectivity index (χ0v) is 12.5. The monoisotopic (exact) mass is 265 g/mol. The number of hydrogen-bond donors (Lipinski definition) is 2. The highest BCUT2D eigenvalue weighted by atomic mass is 16.3. The van der Waals surface area contributed by atoms with Crippen LogP contribution in [0.4, 0.5) is 0 Å². The van der Waals surface area contributed by atoms with Gasteiger partial charge in [0.25, 0.3) is 0 Å². The van der Waals surface area contributed by atoms with Crippen molar-refractivity contribution < 1.29 is 9.52 Å². The van der Waals surface area contributed by atoms with E-state index in [-0.39, 0.29) is 11.5 Å². The minimum absolute atomic E-state index is 0.0964. The Labute approximate surface area is 116 Å². The van der Waals surface area contributed by atoms with Crippen LogP contribution < -0.4 is 5.32 Å². The van der Waals surface area contributed by atoms with Gasteiger partial charge in [-0.2, -0.15) is 0 Å². The second kappa shape index (κ2) is 6.10. The summed E-state index contributed by atoms with van der Waals surface area (Å²) in [6.07, 6.45) is 6.11. The Kier molecular flexibility index (Phi) is 4.69. The highest BCUT2D eigenvalue weighted by Crippen LogP contribution is 2.36. The third-order valence-corrected chi connectivity index (χ3v) is 4.58. The average Bonchev–Trinajstić information content (AvgIpc) is 2.76. The van der Waals surface area contributed by atoms with E-state index in [0.717, 1.165) is 30.9 Å². The SMILES string of the molecule is Cc1cc(C(C)NCC2(CO)CCCCC2)c(C)o1. The summed E-state index contributed by atoms with van der Waals surface area (Å²) in [4.78, 5) is 0. The van der Waals surface area contributed by atoms with Crippen LogP contribution in [0.3, 0.4) is 0 Å². The van der Waals surface area contributed by atoms with Gasteiger partial charge in [-0.3, -0.25) is 0 Å². The molecule has 108 valence electrons. The van der Waals surface area contributed by atoms with Crippen LogP contribution in [0.1, 0.15) is 62.2 Å². The van der Waals surface area contributed by atoms with Gasteiger partial charge >= 0.3 is 0 Å². The fourth-order valence-electron chi connectivity index (χ4n) is 3.25. The zero-order valence-electron chi connectivity index (χ0n) is 12.5. The molecule has 1 aliphatic rings. The van der Waals surface area contributed by atoms with E-state index in [0.29, 0.717) is 6.61 Å². The van der Waals surface area contributed by atoms with Crippen molar-refractivity contribution in [3.8, 4) is 0 Å². The molecule has 0 spiro atoms. The van der Waals surface area contributed by atoms with Gasteiger partial charge in [0.2, 0.25) is 0 Å². The molecule has 3 heteroatoms. The van der Waals surface area contributed by atoms with Crippen molar-refractivity contribution in [1.29, 1.82) is 0 Å². The Morgan fingerprint density at radius 3 is 2.53 bits per heavy atom. The first kappa shape index (κ1) is 14.6. The number of aliphatic hydroxyl groups excluding tert-OH is 1. The molecular weight excluding hydrogens is 238 g/mol. The van der Waals surface area contributed by atoms with Crippen molar-refractivity contribution in [2.75, 3.05) is 13.2 Å². The van der Waals surface area contributed by atoms with E-state index >= 15 is 0 Å². The van der Waals surface area contributed by atoms with Gasteiger partial charge in [-0.15, -0.1) is 0 Å². The molecule has 3 nitrogen and oxygen atoms in total.